The second kappa shape index (κ2) is 7.02. The lowest BCUT2D eigenvalue weighted by Gasteiger charge is -2.28. The molecule has 1 saturated carbocycles. The van der Waals surface area contributed by atoms with Crippen molar-refractivity contribution in [1.82, 2.24) is 0 Å². The molecule has 1 heterocycles. The summed E-state index contributed by atoms with van der Waals surface area (Å²) < 4.78 is 5.03. The Morgan fingerprint density at radius 3 is 2.43 bits per heavy atom. The van der Waals surface area contributed by atoms with Gasteiger partial charge in [0.1, 0.15) is 0 Å². The van der Waals surface area contributed by atoms with Gasteiger partial charge in [-0.3, -0.25) is 9.59 Å². The van der Waals surface area contributed by atoms with E-state index in [0.717, 1.165) is 25.2 Å². The predicted molar refractivity (Wildman–Crippen MR) is 89.4 cm³/mol. The molecule has 5 heteroatoms. The van der Waals surface area contributed by atoms with E-state index >= 15 is 0 Å². The summed E-state index contributed by atoms with van der Waals surface area (Å²) in [5.74, 6) is -0.162. The topological polar surface area (TPSA) is 58.6 Å². The second-order valence-corrected chi connectivity index (χ2v) is 6.57. The molecule has 1 aliphatic carbocycles. The Bertz CT molecular complexity index is 564. The zero-order valence-electron chi connectivity index (χ0n) is 13.6. The molecule has 1 amide bonds. The molecule has 1 N–H and O–H groups in total. The van der Waals surface area contributed by atoms with E-state index in [4.69, 9.17) is 4.74 Å². The quantitative estimate of drug-likeness (QED) is 0.849. The van der Waals surface area contributed by atoms with Crippen LogP contribution in [0.2, 0.25) is 0 Å². The van der Waals surface area contributed by atoms with Gasteiger partial charge >= 0.3 is 5.97 Å². The predicted octanol–water partition coefficient (Wildman–Crippen LogP) is 2.81. The number of esters is 1. The van der Waals surface area contributed by atoms with Crippen LogP contribution >= 0.6 is 0 Å². The van der Waals surface area contributed by atoms with Crippen LogP contribution in [0.3, 0.4) is 0 Å². The molecule has 124 valence electrons. The number of hydrogen-bond donors (Lipinski definition) is 1. The van der Waals surface area contributed by atoms with Gasteiger partial charge in [-0.15, -0.1) is 0 Å². The van der Waals surface area contributed by atoms with Crippen molar-refractivity contribution in [2.45, 2.75) is 32.6 Å². The van der Waals surface area contributed by atoms with Crippen LogP contribution in [0.5, 0.6) is 0 Å². The third kappa shape index (κ3) is 4.24. The van der Waals surface area contributed by atoms with E-state index in [1.54, 1.807) is 0 Å². The van der Waals surface area contributed by atoms with Gasteiger partial charge in [-0.2, -0.15) is 0 Å². The highest BCUT2D eigenvalue weighted by Gasteiger charge is 2.40. The van der Waals surface area contributed by atoms with E-state index < -0.39 is 0 Å². The van der Waals surface area contributed by atoms with Gasteiger partial charge in [-0.1, -0.05) is 6.92 Å². The Kier molecular flexibility index (Phi) is 4.84. The first kappa shape index (κ1) is 15.8. The number of rotatable bonds is 5. The fourth-order valence-corrected chi connectivity index (χ4v) is 3.00. The minimum absolute atomic E-state index is 0.00775. The Morgan fingerprint density at radius 2 is 1.83 bits per heavy atom. The van der Waals surface area contributed by atoms with Gasteiger partial charge in [-0.05, 0) is 55.9 Å². The summed E-state index contributed by atoms with van der Waals surface area (Å²) in [6.07, 6.45) is 4.66. The maximum absolute atomic E-state index is 11.8. The number of ether oxygens (including phenoxy) is 1. The molecule has 0 radical (unpaired) electrons. The van der Waals surface area contributed by atoms with Crippen LogP contribution < -0.4 is 10.2 Å². The van der Waals surface area contributed by atoms with Gasteiger partial charge in [0.2, 0.25) is 0 Å². The number of hydrogen-bond acceptors (Lipinski definition) is 4. The number of anilines is 2. The van der Waals surface area contributed by atoms with Crippen molar-refractivity contribution in [2.24, 2.45) is 11.8 Å². The summed E-state index contributed by atoms with van der Waals surface area (Å²) in [6.45, 7) is 3.99. The summed E-state index contributed by atoms with van der Waals surface area (Å²) in [5.41, 5.74) is 1.92. The van der Waals surface area contributed by atoms with Crippen LogP contribution in [0, 0.1) is 11.8 Å². The first-order valence-corrected chi connectivity index (χ1v) is 8.45. The van der Waals surface area contributed by atoms with Crippen LogP contribution in [0.4, 0.5) is 11.4 Å². The lowest BCUT2D eigenvalue weighted by atomic mass is 10.1. The number of carbonyl (C=O) groups excluding carboxylic acids is 2. The molecule has 3 rings (SSSR count). The molecule has 2 atom stereocenters. The maximum Gasteiger partial charge on any atom is 0.309 e. The minimum atomic E-state index is -0.294. The molecule has 0 spiro atoms. The number of amides is 1. The van der Waals surface area contributed by atoms with Crippen molar-refractivity contribution < 1.29 is 14.3 Å². The third-order valence-electron chi connectivity index (χ3n) is 4.63. The first-order chi connectivity index (χ1) is 11.1. The number of carbonyl (C=O) groups is 2. The molecule has 0 aromatic heterocycles. The van der Waals surface area contributed by atoms with Crippen LogP contribution in [0.25, 0.3) is 0 Å². The van der Waals surface area contributed by atoms with Gasteiger partial charge in [0, 0.05) is 24.5 Å². The summed E-state index contributed by atoms with van der Waals surface area (Å²) in [7, 11) is 0. The maximum atomic E-state index is 11.8. The number of piperidine rings is 1. The van der Waals surface area contributed by atoms with Crippen molar-refractivity contribution in [1.29, 1.82) is 0 Å². The first-order valence-electron chi connectivity index (χ1n) is 8.45. The molecule has 1 aliphatic heterocycles. The van der Waals surface area contributed by atoms with E-state index in [-0.39, 0.29) is 24.4 Å². The van der Waals surface area contributed by atoms with Crippen molar-refractivity contribution in [3.8, 4) is 0 Å². The van der Waals surface area contributed by atoms with Crippen molar-refractivity contribution in [3.63, 3.8) is 0 Å². The minimum Gasteiger partial charge on any atom is -0.455 e. The van der Waals surface area contributed by atoms with Crippen molar-refractivity contribution >= 4 is 23.3 Å². The molecule has 23 heavy (non-hydrogen) atoms. The molecule has 2 aliphatic rings. The molecule has 1 aromatic carbocycles. The highest BCUT2D eigenvalue weighted by Crippen LogP contribution is 2.38. The molecule has 1 saturated heterocycles. The monoisotopic (exact) mass is 316 g/mol. The Hall–Kier alpha value is -2.04. The average Bonchev–Trinajstić information content (AvgIpc) is 3.31. The summed E-state index contributed by atoms with van der Waals surface area (Å²) in [6, 6.07) is 7.84. The summed E-state index contributed by atoms with van der Waals surface area (Å²) in [4.78, 5) is 25.8. The lowest BCUT2D eigenvalue weighted by molar-refractivity contribution is -0.148. The molecule has 2 fully saturated rings. The third-order valence-corrected chi connectivity index (χ3v) is 4.63. The van der Waals surface area contributed by atoms with Crippen molar-refractivity contribution in [3.05, 3.63) is 24.3 Å². The van der Waals surface area contributed by atoms with Crippen LogP contribution in [-0.2, 0) is 14.3 Å². The largest absolute Gasteiger partial charge is 0.455 e. The fraction of sp³-hybridized carbons (Fsp3) is 0.556. The molecular weight excluding hydrogens is 292 g/mol. The number of benzene rings is 1. The highest BCUT2D eigenvalue weighted by atomic mass is 16.5. The normalized spacial score (nSPS) is 23.3. The molecular formula is C18H24N2O3. The molecule has 5 nitrogen and oxygen atoms in total. The van der Waals surface area contributed by atoms with Crippen LogP contribution in [0.15, 0.2) is 24.3 Å². The number of nitrogens with one attached hydrogen (secondary N) is 1. The standard InChI is InChI=1S/C18H24N2O3/c1-13-11-16(13)18(22)23-12-17(21)19-14-5-7-15(8-6-14)20-9-3-2-4-10-20/h5-8,13,16H,2-4,9-12H2,1H3,(H,19,21)/t13-,16-/m1/s1. The Morgan fingerprint density at radius 1 is 1.17 bits per heavy atom. The SMILES string of the molecule is C[C@@H]1C[C@H]1C(=O)OCC(=O)Nc1ccc(N2CCCCC2)cc1. The summed E-state index contributed by atoms with van der Waals surface area (Å²) >= 11 is 0. The Labute approximate surface area is 137 Å². The van der Waals surface area contributed by atoms with Crippen LogP contribution in [-0.4, -0.2) is 31.6 Å². The van der Waals surface area contributed by atoms with Gasteiger partial charge in [0.05, 0.1) is 5.92 Å². The lowest BCUT2D eigenvalue weighted by Crippen LogP contribution is -2.29. The van der Waals surface area contributed by atoms with E-state index in [0.29, 0.717) is 5.92 Å². The zero-order valence-corrected chi connectivity index (χ0v) is 13.6. The van der Waals surface area contributed by atoms with E-state index in [1.807, 2.05) is 31.2 Å². The van der Waals surface area contributed by atoms with E-state index in [1.165, 1.54) is 24.9 Å². The van der Waals surface area contributed by atoms with E-state index in [9.17, 15) is 9.59 Å². The smallest absolute Gasteiger partial charge is 0.309 e. The van der Waals surface area contributed by atoms with Gasteiger partial charge < -0.3 is 15.0 Å². The summed E-state index contributed by atoms with van der Waals surface area (Å²) in [5, 5.41) is 2.76. The molecule has 1 aromatic rings. The van der Waals surface area contributed by atoms with Gasteiger partial charge in [0.25, 0.3) is 5.91 Å². The van der Waals surface area contributed by atoms with Gasteiger partial charge in [0.15, 0.2) is 6.61 Å². The second-order valence-electron chi connectivity index (χ2n) is 6.57. The molecule has 0 bridgehead atoms. The zero-order chi connectivity index (χ0) is 16.2. The van der Waals surface area contributed by atoms with Crippen LogP contribution in [0.1, 0.15) is 32.6 Å². The Balaban J connectivity index is 1.45. The molecule has 0 unspecified atom stereocenters. The fourth-order valence-electron chi connectivity index (χ4n) is 3.00. The average molecular weight is 316 g/mol. The van der Waals surface area contributed by atoms with Crippen molar-refractivity contribution in [2.75, 3.05) is 29.9 Å². The highest BCUT2D eigenvalue weighted by molar-refractivity contribution is 5.93. The van der Waals surface area contributed by atoms with Gasteiger partial charge in [-0.25, -0.2) is 0 Å². The van der Waals surface area contributed by atoms with E-state index in [2.05, 4.69) is 10.2 Å². The number of nitrogens with zero attached hydrogens (tertiary/aromatic N) is 1.